The predicted molar refractivity (Wildman–Crippen MR) is 233 cm³/mol. The van der Waals surface area contributed by atoms with Crippen molar-refractivity contribution in [1.29, 1.82) is 0 Å². The number of hydrogen-bond acceptors (Lipinski definition) is 4. The molecule has 0 saturated carbocycles. The first kappa shape index (κ1) is 32.0. The van der Waals surface area contributed by atoms with E-state index < -0.39 is 5.41 Å². The molecule has 3 heterocycles. The van der Waals surface area contributed by atoms with Gasteiger partial charge in [-0.05, 0) is 100 Å². The summed E-state index contributed by atoms with van der Waals surface area (Å²) in [7, 11) is 0. The van der Waals surface area contributed by atoms with Gasteiger partial charge in [0.15, 0.2) is 0 Å². The van der Waals surface area contributed by atoms with E-state index in [1.807, 2.05) is 24.3 Å². The molecular weight excluding hydrogens is 699 g/mol. The predicted octanol–water partition coefficient (Wildman–Crippen LogP) is 14.3. The third-order valence-corrected chi connectivity index (χ3v) is 12.1. The van der Waals surface area contributed by atoms with Crippen LogP contribution < -0.4 is 9.64 Å². The third kappa shape index (κ3) is 4.74. The fourth-order valence-electron chi connectivity index (χ4n) is 9.62. The van der Waals surface area contributed by atoms with Gasteiger partial charge < -0.3 is 18.5 Å². The van der Waals surface area contributed by atoms with Crippen LogP contribution in [0.25, 0.3) is 65.8 Å². The standard InChI is InChI=1S/C53H35NO3/c1-2-12-30-55-49-20-10-7-17-44(49)53(29-11-1)45-28-21-34-13-3-4-14-38(34)52(45)43-27-24-35(31-46(43)53)54(36-22-25-41-39-15-5-8-18-47(39)56-50(41)32-36)37-23-26-42-40-16-6-9-19-48(40)57-51(42)33-37/h1-28,31-33H,29-30H2/b11-1-,12-2-. The highest BCUT2D eigenvalue weighted by molar-refractivity contribution is 6.08. The molecule has 2 aromatic heterocycles. The van der Waals surface area contributed by atoms with Crippen LogP contribution in [-0.2, 0) is 5.41 Å². The molecule has 0 radical (unpaired) electrons. The van der Waals surface area contributed by atoms with E-state index in [4.69, 9.17) is 13.6 Å². The fraction of sp³-hybridized carbons (Fsp3) is 0.0566. The van der Waals surface area contributed by atoms with Crippen molar-refractivity contribution in [3.05, 3.63) is 205 Å². The molecule has 10 aromatic rings. The van der Waals surface area contributed by atoms with E-state index in [0.29, 0.717) is 6.61 Å². The molecular formula is C53H35NO3. The molecule has 12 rings (SSSR count). The number of allylic oxidation sites excluding steroid dienone is 3. The second-order valence-corrected chi connectivity index (χ2v) is 15.1. The number of hydrogen-bond donors (Lipinski definition) is 0. The minimum atomic E-state index is -0.528. The Hall–Kier alpha value is -7.30. The second-order valence-electron chi connectivity index (χ2n) is 15.1. The van der Waals surface area contributed by atoms with Crippen LogP contribution in [0, 0.1) is 0 Å². The summed E-state index contributed by atoms with van der Waals surface area (Å²) in [5, 5.41) is 6.89. The summed E-state index contributed by atoms with van der Waals surface area (Å²) in [5.41, 5.74) is 12.2. The lowest BCUT2D eigenvalue weighted by Crippen LogP contribution is -2.27. The molecule has 0 amide bonds. The van der Waals surface area contributed by atoms with E-state index in [1.54, 1.807) is 0 Å². The number of fused-ring (bicyclic) bond motifs is 15. The normalized spacial score (nSPS) is 17.1. The Labute approximate surface area is 329 Å². The number of para-hydroxylation sites is 3. The van der Waals surface area contributed by atoms with Crippen molar-refractivity contribution in [2.24, 2.45) is 0 Å². The van der Waals surface area contributed by atoms with E-state index in [2.05, 4.69) is 169 Å². The molecule has 1 unspecified atom stereocenters. The van der Waals surface area contributed by atoms with Crippen molar-refractivity contribution in [3.8, 4) is 16.9 Å². The molecule has 8 aromatic carbocycles. The first-order chi connectivity index (χ1) is 28.2. The molecule has 57 heavy (non-hydrogen) atoms. The zero-order valence-electron chi connectivity index (χ0n) is 31.0. The summed E-state index contributed by atoms with van der Waals surface area (Å²) >= 11 is 0. The Kier molecular flexibility index (Phi) is 6.93. The average Bonchev–Trinajstić information content (AvgIpc) is 3.91. The van der Waals surface area contributed by atoms with Gasteiger partial charge in [-0.1, -0.05) is 115 Å². The highest BCUT2D eigenvalue weighted by Gasteiger charge is 2.46. The Morgan fingerprint density at radius 3 is 1.79 bits per heavy atom. The maximum atomic E-state index is 6.56. The summed E-state index contributed by atoms with van der Waals surface area (Å²) in [4.78, 5) is 2.34. The zero-order valence-corrected chi connectivity index (χ0v) is 31.0. The van der Waals surface area contributed by atoms with Crippen molar-refractivity contribution >= 4 is 71.7 Å². The van der Waals surface area contributed by atoms with Gasteiger partial charge >= 0.3 is 0 Å². The van der Waals surface area contributed by atoms with Crippen molar-refractivity contribution in [2.75, 3.05) is 11.5 Å². The van der Waals surface area contributed by atoms with Gasteiger partial charge in [-0.15, -0.1) is 0 Å². The van der Waals surface area contributed by atoms with E-state index >= 15 is 0 Å². The molecule has 0 saturated heterocycles. The first-order valence-corrected chi connectivity index (χ1v) is 19.6. The molecule has 4 nitrogen and oxygen atoms in total. The van der Waals surface area contributed by atoms with E-state index in [1.165, 1.54) is 33.0 Å². The summed E-state index contributed by atoms with van der Waals surface area (Å²) in [5.74, 6) is 0.900. The van der Waals surface area contributed by atoms with Gasteiger partial charge in [0, 0.05) is 56.3 Å². The van der Waals surface area contributed by atoms with Gasteiger partial charge in [-0.25, -0.2) is 0 Å². The van der Waals surface area contributed by atoms with Crippen LogP contribution >= 0.6 is 0 Å². The summed E-state index contributed by atoms with van der Waals surface area (Å²) in [6.45, 7) is 0.497. The Balaban J connectivity index is 1.14. The largest absolute Gasteiger partial charge is 0.489 e. The summed E-state index contributed by atoms with van der Waals surface area (Å²) in [6, 6.07) is 58.7. The summed E-state index contributed by atoms with van der Waals surface area (Å²) < 4.78 is 19.5. The number of ether oxygens (including phenoxy) is 1. The van der Waals surface area contributed by atoms with Crippen LogP contribution in [0.5, 0.6) is 5.75 Å². The van der Waals surface area contributed by atoms with Crippen LogP contribution in [0.15, 0.2) is 197 Å². The second kappa shape index (κ2) is 12.4. The Morgan fingerprint density at radius 2 is 1.04 bits per heavy atom. The van der Waals surface area contributed by atoms with Crippen molar-refractivity contribution < 1.29 is 13.6 Å². The lowest BCUT2D eigenvalue weighted by atomic mass is 9.69. The Morgan fingerprint density at radius 1 is 0.439 bits per heavy atom. The minimum absolute atomic E-state index is 0.497. The lowest BCUT2D eigenvalue weighted by Gasteiger charge is -2.35. The molecule has 1 aliphatic heterocycles. The maximum Gasteiger partial charge on any atom is 0.137 e. The quantitative estimate of drug-likeness (QED) is 0.181. The SMILES string of the molecule is C1=C\COc2ccccc2C2(C\C=C/1)c1cc(N(c3ccc4c(c3)oc3ccccc34)c3ccc4c(c3)oc3ccccc34)ccc1-c1c2ccc2ccccc12. The molecule has 1 atom stereocenters. The van der Waals surface area contributed by atoms with Gasteiger partial charge in [-0.3, -0.25) is 0 Å². The third-order valence-electron chi connectivity index (χ3n) is 12.1. The van der Waals surface area contributed by atoms with Gasteiger partial charge in [0.05, 0.1) is 5.41 Å². The molecule has 2 aliphatic rings. The lowest BCUT2D eigenvalue weighted by molar-refractivity contribution is 0.353. The first-order valence-electron chi connectivity index (χ1n) is 19.6. The maximum absolute atomic E-state index is 6.56. The molecule has 1 aliphatic carbocycles. The van der Waals surface area contributed by atoms with Gasteiger partial charge in [0.1, 0.15) is 34.7 Å². The molecule has 0 N–H and O–H groups in total. The number of rotatable bonds is 3. The molecule has 0 fully saturated rings. The van der Waals surface area contributed by atoms with E-state index in [0.717, 1.165) is 78.7 Å². The topological polar surface area (TPSA) is 38.8 Å². The minimum Gasteiger partial charge on any atom is -0.489 e. The van der Waals surface area contributed by atoms with Crippen LogP contribution in [0.3, 0.4) is 0 Å². The van der Waals surface area contributed by atoms with Gasteiger partial charge in [0.25, 0.3) is 0 Å². The van der Waals surface area contributed by atoms with Crippen LogP contribution in [0.4, 0.5) is 17.1 Å². The molecule has 270 valence electrons. The van der Waals surface area contributed by atoms with E-state index in [-0.39, 0.29) is 0 Å². The van der Waals surface area contributed by atoms with Crippen molar-refractivity contribution in [2.45, 2.75) is 11.8 Å². The fourth-order valence-corrected chi connectivity index (χ4v) is 9.62. The molecule has 1 spiro atoms. The van der Waals surface area contributed by atoms with Crippen LogP contribution in [0.2, 0.25) is 0 Å². The number of furan rings is 2. The highest BCUT2D eigenvalue weighted by Crippen LogP contribution is 2.59. The number of nitrogens with zero attached hydrogens (tertiary/aromatic N) is 1. The average molecular weight is 734 g/mol. The number of benzene rings is 8. The summed E-state index contributed by atoms with van der Waals surface area (Å²) in [6.07, 6.45) is 9.42. The van der Waals surface area contributed by atoms with Crippen molar-refractivity contribution in [1.82, 2.24) is 0 Å². The zero-order chi connectivity index (χ0) is 37.5. The smallest absolute Gasteiger partial charge is 0.137 e. The monoisotopic (exact) mass is 733 g/mol. The molecule has 4 heteroatoms. The Bertz CT molecular complexity index is 3190. The van der Waals surface area contributed by atoms with Crippen molar-refractivity contribution in [3.63, 3.8) is 0 Å². The van der Waals surface area contributed by atoms with Crippen LogP contribution in [-0.4, -0.2) is 6.61 Å². The number of anilines is 3. The van der Waals surface area contributed by atoms with Gasteiger partial charge in [-0.2, -0.15) is 0 Å². The van der Waals surface area contributed by atoms with E-state index in [9.17, 15) is 0 Å². The van der Waals surface area contributed by atoms with Gasteiger partial charge in [0.2, 0.25) is 0 Å². The molecule has 0 bridgehead atoms. The highest BCUT2D eigenvalue weighted by atomic mass is 16.5. The van der Waals surface area contributed by atoms with Crippen LogP contribution in [0.1, 0.15) is 23.1 Å².